The number of carboxylic acid groups (broad SMARTS) is 1. The van der Waals surface area contributed by atoms with E-state index < -0.39 is 11.8 Å². The first-order valence-electron chi connectivity index (χ1n) is 7.34. The van der Waals surface area contributed by atoms with Crippen molar-refractivity contribution in [1.82, 2.24) is 0 Å². The zero-order valence-corrected chi connectivity index (χ0v) is 13.2. The lowest BCUT2D eigenvalue weighted by Crippen LogP contribution is -2.08. The van der Waals surface area contributed by atoms with Crippen LogP contribution < -0.4 is 4.90 Å². The third-order valence-electron chi connectivity index (χ3n) is 3.97. The third-order valence-corrected chi connectivity index (χ3v) is 3.97. The van der Waals surface area contributed by atoms with Gasteiger partial charge in [-0.3, -0.25) is 9.59 Å². The van der Waals surface area contributed by atoms with Crippen LogP contribution in [0.1, 0.15) is 36.6 Å². The lowest BCUT2D eigenvalue weighted by molar-refractivity contribution is 0.0696. The van der Waals surface area contributed by atoms with Crippen LogP contribution in [0.4, 0.5) is 5.69 Å². The number of carbonyl (C=O) groups excluding carboxylic acids is 2. The number of ketones is 2. The Kier molecular flexibility index (Phi) is 3.77. The van der Waals surface area contributed by atoms with Gasteiger partial charge in [-0.25, -0.2) is 4.79 Å². The van der Waals surface area contributed by atoms with Gasteiger partial charge >= 0.3 is 5.97 Å². The minimum Gasteiger partial charge on any atom is -0.478 e. The number of benzene rings is 2. The fourth-order valence-corrected chi connectivity index (χ4v) is 2.62. The normalized spacial score (nSPS) is 14.8. The molecule has 0 amide bonds. The average molecular weight is 321 g/mol. The summed E-state index contributed by atoms with van der Waals surface area (Å²) in [7, 11) is 3.85. The molecule has 3 rings (SSSR count). The second-order valence-electron chi connectivity index (χ2n) is 5.77. The molecule has 0 aliphatic heterocycles. The van der Waals surface area contributed by atoms with Gasteiger partial charge < -0.3 is 10.0 Å². The fourth-order valence-electron chi connectivity index (χ4n) is 2.62. The first kappa shape index (κ1) is 15.7. The van der Waals surface area contributed by atoms with Crippen molar-refractivity contribution in [3.05, 3.63) is 70.3 Å². The molecule has 5 nitrogen and oxygen atoms in total. The Labute approximate surface area is 138 Å². The molecular formula is C19H15NO4. The Morgan fingerprint density at radius 2 is 1.58 bits per heavy atom. The van der Waals surface area contributed by atoms with Gasteiger partial charge in [0, 0.05) is 30.9 Å². The number of allylic oxidation sites excluding steroid dienone is 1. The smallest absolute Gasteiger partial charge is 0.335 e. The molecule has 0 unspecified atom stereocenters. The molecule has 0 radical (unpaired) electrons. The molecule has 5 heteroatoms. The molecular weight excluding hydrogens is 306 g/mol. The van der Waals surface area contributed by atoms with Crippen molar-refractivity contribution in [3.8, 4) is 0 Å². The average Bonchev–Trinajstić information content (AvgIpc) is 2.80. The van der Waals surface area contributed by atoms with E-state index >= 15 is 0 Å². The zero-order chi connectivity index (χ0) is 17.4. The summed E-state index contributed by atoms with van der Waals surface area (Å²) in [5.41, 5.74) is 2.20. The molecule has 2 aromatic carbocycles. The Hall–Kier alpha value is -3.21. The highest BCUT2D eigenvalue weighted by Gasteiger charge is 2.33. The van der Waals surface area contributed by atoms with Crippen LogP contribution in [0.25, 0.3) is 6.08 Å². The van der Waals surface area contributed by atoms with Crippen LogP contribution in [-0.4, -0.2) is 36.7 Å². The SMILES string of the molecule is CN(C)c1ccc(/C=C2\C(=O)c3ccc(C(=O)O)cc3C2=O)cc1. The summed E-state index contributed by atoms with van der Waals surface area (Å²) in [6.07, 6.45) is 1.55. The van der Waals surface area contributed by atoms with E-state index in [0.29, 0.717) is 0 Å². The number of aromatic carboxylic acids is 1. The van der Waals surface area contributed by atoms with Crippen LogP contribution in [0.3, 0.4) is 0 Å². The molecule has 0 fully saturated rings. The molecule has 0 heterocycles. The van der Waals surface area contributed by atoms with Crippen LogP contribution in [0.2, 0.25) is 0 Å². The van der Waals surface area contributed by atoms with Crippen molar-refractivity contribution in [3.63, 3.8) is 0 Å². The maximum absolute atomic E-state index is 12.5. The predicted molar refractivity (Wildman–Crippen MR) is 90.8 cm³/mol. The number of hydrogen-bond acceptors (Lipinski definition) is 4. The first-order chi connectivity index (χ1) is 11.4. The van der Waals surface area contributed by atoms with E-state index in [0.717, 1.165) is 11.3 Å². The van der Waals surface area contributed by atoms with Gasteiger partial charge in [-0.15, -0.1) is 0 Å². The Bertz CT molecular complexity index is 892. The molecule has 0 saturated heterocycles. The van der Waals surface area contributed by atoms with E-state index in [1.165, 1.54) is 18.2 Å². The third kappa shape index (κ3) is 2.60. The van der Waals surface area contributed by atoms with Gasteiger partial charge in [0.15, 0.2) is 11.6 Å². The van der Waals surface area contributed by atoms with E-state index in [2.05, 4.69) is 0 Å². The highest BCUT2D eigenvalue weighted by Crippen LogP contribution is 2.29. The Morgan fingerprint density at radius 1 is 0.958 bits per heavy atom. The standard InChI is InChI=1S/C19H15NO4/c1-20(2)13-6-3-11(4-7-13)9-16-17(21)14-8-5-12(19(23)24)10-15(14)18(16)22/h3-10H,1-2H3,(H,23,24)/b16-9+. The van der Waals surface area contributed by atoms with Gasteiger partial charge in [-0.2, -0.15) is 0 Å². The zero-order valence-electron chi connectivity index (χ0n) is 13.2. The predicted octanol–water partition coefficient (Wildman–Crippen LogP) is 2.91. The van der Waals surface area contributed by atoms with E-state index in [9.17, 15) is 14.4 Å². The van der Waals surface area contributed by atoms with Crippen molar-refractivity contribution in [2.75, 3.05) is 19.0 Å². The second-order valence-corrected chi connectivity index (χ2v) is 5.77. The summed E-state index contributed by atoms with van der Waals surface area (Å²) < 4.78 is 0. The first-order valence-corrected chi connectivity index (χ1v) is 7.34. The van der Waals surface area contributed by atoms with Crippen molar-refractivity contribution in [2.45, 2.75) is 0 Å². The highest BCUT2D eigenvalue weighted by molar-refractivity contribution is 6.41. The minimum absolute atomic E-state index is 0.00788. The maximum atomic E-state index is 12.5. The monoisotopic (exact) mass is 321 g/mol. The molecule has 1 N–H and O–H groups in total. The molecule has 0 atom stereocenters. The molecule has 0 bridgehead atoms. The number of Topliss-reactive ketones (excluding diaryl/α,β-unsaturated/α-hetero) is 2. The van der Waals surface area contributed by atoms with Gasteiger partial charge in [0.25, 0.3) is 0 Å². The van der Waals surface area contributed by atoms with Crippen molar-refractivity contribution < 1.29 is 19.5 Å². The maximum Gasteiger partial charge on any atom is 0.335 e. The molecule has 2 aromatic rings. The largest absolute Gasteiger partial charge is 0.478 e. The van der Waals surface area contributed by atoms with Crippen LogP contribution in [-0.2, 0) is 0 Å². The number of anilines is 1. The summed E-state index contributed by atoms with van der Waals surface area (Å²) in [4.78, 5) is 37.9. The number of carboxylic acids is 1. The number of hydrogen-bond donors (Lipinski definition) is 1. The summed E-state index contributed by atoms with van der Waals surface area (Å²) in [5, 5.41) is 9.03. The molecule has 1 aliphatic carbocycles. The molecule has 0 spiro atoms. The number of carbonyl (C=O) groups is 3. The van der Waals surface area contributed by atoms with E-state index in [-0.39, 0.29) is 28.0 Å². The fraction of sp³-hybridized carbons (Fsp3) is 0.105. The topological polar surface area (TPSA) is 74.7 Å². The van der Waals surface area contributed by atoms with E-state index in [1.807, 2.05) is 43.3 Å². The van der Waals surface area contributed by atoms with Crippen LogP contribution >= 0.6 is 0 Å². The van der Waals surface area contributed by atoms with Gasteiger partial charge in [-0.1, -0.05) is 12.1 Å². The van der Waals surface area contributed by atoms with Gasteiger partial charge in [0.05, 0.1) is 11.1 Å². The van der Waals surface area contributed by atoms with Crippen LogP contribution in [0.5, 0.6) is 0 Å². The summed E-state index contributed by atoms with van der Waals surface area (Å²) >= 11 is 0. The molecule has 24 heavy (non-hydrogen) atoms. The van der Waals surface area contributed by atoms with Gasteiger partial charge in [0.2, 0.25) is 0 Å². The lowest BCUT2D eigenvalue weighted by Gasteiger charge is -2.11. The molecule has 0 aromatic heterocycles. The number of fused-ring (bicyclic) bond motifs is 1. The quantitative estimate of drug-likeness (QED) is 0.695. The molecule has 120 valence electrons. The van der Waals surface area contributed by atoms with E-state index in [4.69, 9.17) is 5.11 Å². The van der Waals surface area contributed by atoms with Crippen LogP contribution in [0.15, 0.2) is 48.0 Å². The Morgan fingerprint density at radius 3 is 2.17 bits per heavy atom. The molecule has 1 aliphatic rings. The summed E-state index contributed by atoms with van der Waals surface area (Å²) in [5.74, 6) is -1.94. The summed E-state index contributed by atoms with van der Waals surface area (Å²) in [6, 6.07) is 11.4. The minimum atomic E-state index is -1.13. The van der Waals surface area contributed by atoms with Gasteiger partial charge in [0.1, 0.15) is 0 Å². The van der Waals surface area contributed by atoms with Gasteiger partial charge in [-0.05, 0) is 42.0 Å². The lowest BCUT2D eigenvalue weighted by atomic mass is 10.1. The van der Waals surface area contributed by atoms with E-state index in [1.54, 1.807) is 6.08 Å². The highest BCUT2D eigenvalue weighted by atomic mass is 16.4. The number of nitrogens with zero attached hydrogens (tertiary/aromatic N) is 1. The van der Waals surface area contributed by atoms with Crippen molar-refractivity contribution in [1.29, 1.82) is 0 Å². The second kappa shape index (κ2) is 5.77. The summed E-state index contributed by atoms with van der Waals surface area (Å²) in [6.45, 7) is 0. The van der Waals surface area contributed by atoms with Crippen LogP contribution in [0, 0.1) is 0 Å². The number of rotatable bonds is 3. The van der Waals surface area contributed by atoms with Crippen molar-refractivity contribution >= 4 is 29.3 Å². The molecule has 0 saturated carbocycles. The van der Waals surface area contributed by atoms with Crippen molar-refractivity contribution in [2.24, 2.45) is 0 Å². The Balaban J connectivity index is 1.99.